The Morgan fingerprint density at radius 1 is 1.02 bits per heavy atom. The topological polar surface area (TPSA) is 78.3 Å². The molecule has 0 amide bonds. The molecule has 5 rings (SSSR count). The Balaban J connectivity index is 1.47. The summed E-state index contributed by atoms with van der Waals surface area (Å²) in [4.78, 5) is 18.1. The molecule has 0 bridgehead atoms. The highest BCUT2D eigenvalue weighted by atomic mass is 35.5. The van der Waals surface area contributed by atoms with Crippen LogP contribution in [0.1, 0.15) is 43.5 Å². The molecule has 7 nitrogen and oxygen atoms in total. The number of thioether (sulfide) groups is 1. The Bertz CT molecular complexity index is 1570. The van der Waals surface area contributed by atoms with Crippen LogP contribution in [0.25, 0.3) is 0 Å². The molecule has 3 aromatic carbocycles. The number of aromatic nitrogens is 3. The standard InChI is InChI=1S/C30H28Cl2N4O3S/c1-18(2)39-28(37)26-19(3)33-29-34-30(40-17-22-10-5-7-14-25(22)32)35-36(29)27(26)20-11-8-12-23(15-20)38-16-21-9-4-6-13-24(21)31/h4-15,18,27H,16-17H2,1-3H3,(H,33,34,35). The first-order valence-electron chi connectivity index (χ1n) is 12.8. The number of halogens is 2. The number of carbonyl (C=O) groups excluding carboxylic acids is 1. The highest BCUT2D eigenvalue weighted by molar-refractivity contribution is 7.98. The van der Waals surface area contributed by atoms with Crippen molar-refractivity contribution in [3.8, 4) is 5.75 Å². The number of hydrogen-bond donors (Lipinski definition) is 1. The van der Waals surface area contributed by atoms with Crippen LogP contribution in [0.4, 0.5) is 5.95 Å². The molecule has 1 aliphatic heterocycles. The summed E-state index contributed by atoms with van der Waals surface area (Å²) in [6, 6.07) is 22.3. The van der Waals surface area contributed by atoms with E-state index in [0.29, 0.717) is 50.5 Å². The lowest BCUT2D eigenvalue weighted by molar-refractivity contribution is -0.143. The van der Waals surface area contributed by atoms with Gasteiger partial charge in [0.05, 0.1) is 11.7 Å². The van der Waals surface area contributed by atoms with Gasteiger partial charge >= 0.3 is 5.97 Å². The number of nitrogens with zero attached hydrogens (tertiary/aromatic N) is 3. The third kappa shape index (κ3) is 6.30. The van der Waals surface area contributed by atoms with Gasteiger partial charge in [-0.1, -0.05) is 83.5 Å². The van der Waals surface area contributed by atoms with Crippen molar-refractivity contribution in [3.63, 3.8) is 0 Å². The number of nitrogens with one attached hydrogen (secondary N) is 1. The molecule has 0 fully saturated rings. The fraction of sp³-hybridized carbons (Fsp3) is 0.233. The average Bonchev–Trinajstić information content (AvgIpc) is 3.33. The van der Waals surface area contributed by atoms with Gasteiger partial charge in [-0.05, 0) is 56.2 Å². The third-order valence-corrected chi connectivity index (χ3v) is 7.86. The molecule has 0 aliphatic carbocycles. The van der Waals surface area contributed by atoms with E-state index in [1.165, 1.54) is 11.8 Å². The van der Waals surface area contributed by atoms with E-state index in [2.05, 4.69) is 5.32 Å². The van der Waals surface area contributed by atoms with Gasteiger partial charge < -0.3 is 14.8 Å². The molecular weight excluding hydrogens is 567 g/mol. The number of allylic oxidation sites excluding steroid dienone is 1. The lowest BCUT2D eigenvalue weighted by atomic mass is 9.95. The van der Waals surface area contributed by atoms with Gasteiger partial charge in [-0.15, -0.1) is 5.10 Å². The molecule has 206 valence electrons. The molecule has 1 atom stereocenters. The Kier molecular flexibility index (Phi) is 8.69. The largest absolute Gasteiger partial charge is 0.489 e. The van der Waals surface area contributed by atoms with Crippen molar-refractivity contribution in [2.75, 3.05) is 5.32 Å². The van der Waals surface area contributed by atoms with Gasteiger partial charge in [0.15, 0.2) is 0 Å². The van der Waals surface area contributed by atoms with Crippen LogP contribution >= 0.6 is 35.0 Å². The zero-order chi connectivity index (χ0) is 28.2. The maximum Gasteiger partial charge on any atom is 0.338 e. The second kappa shape index (κ2) is 12.4. The molecule has 10 heteroatoms. The van der Waals surface area contributed by atoms with Gasteiger partial charge in [0.1, 0.15) is 18.4 Å². The van der Waals surface area contributed by atoms with E-state index in [4.69, 9.17) is 42.8 Å². The fourth-order valence-corrected chi connectivity index (χ4v) is 5.66. The summed E-state index contributed by atoms with van der Waals surface area (Å²) in [6.07, 6.45) is -0.280. The third-order valence-electron chi connectivity index (χ3n) is 6.24. The molecule has 0 saturated heterocycles. The lowest BCUT2D eigenvalue weighted by Gasteiger charge is -2.28. The monoisotopic (exact) mass is 594 g/mol. The molecule has 2 heterocycles. The fourth-order valence-electron chi connectivity index (χ4n) is 4.35. The second-order valence-electron chi connectivity index (χ2n) is 9.52. The minimum atomic E-state index is -0.575. The summed E-state index contributed by atoms with van der Waals surface area (Å²) >= 11 is 14.1. The van der Waals surface area contributed by atoms with Crippen molar-refractivity contribution in [1.29, 1.82) is 0 Å². The summed E-state index contributed by atoms with van der Waals surface area (Å²) in [5.74, 6) is 1.36. The predicted octanol–water partition coefficient (Wildman–Crippen LogP) is 7.70. The maximum absolute atomic E-state index is 13.4. The van der Waals surface area contributed by atoms with E-state index in [1.807, 2.05) is 93.6 Å². The van der Waals surface area contributed by atoms with Gasteiger partial charge in [0.25, 0.3) is 0 Å². The van der Waals surface area contributed by atoms with Crippen LogP contribution in [0.15, 0.2) is 89.2 Å². The van der Waals surface area contributed by atoms with E-state index in [0.717, 1.165) is 16.7 Å². The van der Waals surface area contributed by atoms with Crippen LogP contribution in [0.2, 0.25) is 10.0 Å². The van der Waals surface area contributed by atoms with E-state index in [-0.39, 0.29) is 6.10 Å². The van der Waals surface area contributed by atoms with Crippen molar-refractivity contribution >= 4 is 46.9 Å². The highest BCUT2D eigenvalue weighted by Crippen LogP contribution is 2.38. The number of benzene rings is 3. The van der Waals surface area contributed by atoms with Gasteiger partial charge in [-0.3, -0.25) is 0 Å². The van der Waals surface area contributed by atoms with E-state index in [1.54, 1.807) is 4.68 Å². The molecule has 1 aromatic heterocycles. The van der Waals surface area contributed by atoms with E-state index < -0.39 is 12.0 Å². The summed E-state index contributed by atoms with van der Waals surface area (Å²) < 4.78 is 13.5. The van der Waals surface area contributed by atoms with Crippen molar-refractivity contribution in [2.45, 2.75) is 50.4 Å². The van der Waals surface area contributed by atoms with Crippen LogP contribution < -0.4 is 10.1 Å². The zero-order valence-electron chi connectivity index (χ0n) is 22.2. The Hall–Kier alpha value is -3.46. The van der Waals surface area contributed by atoms with Crippen molar-refractivity contribution < 1.29 is 14.3 Å². The average molecular weight is 596 g/mol. The SMILES string of the molecule is CC1=C(C(=O)OC(C)C)C(c2cccc(OCc3ccccc3Cl)c2)n2nc(SCc3ccccc3Cl)nc2N1. The molecule has 4 aromatic rings. The number of carbonyl (C=O) groups is 1. The second-order valence-corrected chi connectivity index (χ2v) is 11.3. The maximum atomic E-state index is 13.4. The van der Waals surface area contributed by atoms with E-state index >= 15 is 0 Å². The zero-order valence-corrected chi connectivity index (χ0v) is 24.6. The number of ether oxygens (including phenoxy) is 2. The molecule has 0 spiro atoms. The molecule has 1 unspecified atom stereocenters. The minimum Gasteiger partial charge on any atom is -0.489 e. The van der Waals surface area contributed by atoms with Crippen LogP contribution in [-0.2, 0) is 21.9 Å². The molecule has 40 heavy (non-hydrogen) atoms. The quantitative estimate of drug-likeness (QED) is 0.157. The number of fused-ring (bicyclic) bond motifs is 1. The van der Waals surface area contributed by atoms with Crippen LogP contribution in [0.3, 0.4) is 0 Å². The van der Waals surface area contributed by atoms with Crippen molar-refractivity contribution in [2.24, 2.45) is 0 Å². The van der Waals surface area contributed by atoms with Gasteiger partial charge in [0, 0.05) is 27.1 Å². The number of rotatable bonds is 9. The number of esters is 1. The molecule has 0 saturated carbocycles. The Morgan fingerprint density at radius 3 is 2.42 bits per heavy atom. The Morgan fingerprint density at radius 2 is 1.73 bits per heavy atom. The minimum absolute atomic E-state index is 0.280. The van der Waals surface area contributed by atoms with E-state index in [9.17, 15) is 4.79 Å². The Labute approximate surface area is 247 Å². The summed E-state index contributed by atoms with van der Waals surface area (Å²) in [6.45, 7) is 5.81. The van der Waals surface area contributed by atoms with Gasteiger partial charge in [-0.25, -0.2) is 9.48 Å². The van der Waals surface area contributed by atoms with Gasteiger partial charge in [-0.2, -0.15) is 4.98 Å². The molecule has 1 N–H and O–H groups in total. The molecule has 0 radical (unpaired) electrons. The summed E-state index contributed by atoms with van der Waals surface area (Å²) in [5.41, 5.74) is 3.79. The lowest BCUT2D eigenvalue weighted by Crippen LogP contribution is -2.30. The first kappa shape index (κ1) is 28.1. The first-order valence-corrected chi connectivity index (χ1v) is 14.5. The summed E-state index contributed by atoms with van der Waals surface area (Å²) in [7, 11) is 0. The van der Waals surface area contributed by atoms with Crippen LogP contribution in [0.5, 0.6) is 5.75 Å². The van der Waals surface area contributed by atoms with Crippen LogP contribution in [0, 0.1) is 0 Å². The molecular formula is C30H28Cl2N4O3S. The predicted molar refractivity (Wildman–Crippen MR) is 159 cm³/mol. The first-order chi connectivity index (χ1) is 19.3. The summed E-state index contributed by atoms with van der Waals surface area (Å²) in [5, 5.41) is 9.94. The van der Waals surface area contributed by atoms with Gasteiger partial charge in [0.2, 0.25) is 11.1 Å². The normalized spacial score (nSPS) is 14.6. The highest BCUT2D eigenvalue weighted by Gasteiger charge is 2.36. The molecule has 1 aliphatic rings. The smallest absolute Gasteiger partial charge is 0.338 e. The van der Waals surface area contributed by atoms with Crippen molar-refractivity contribution in [3.05, 3.63) is 111 Å². The number of anilines is 1. The van der Waals surface area contributed by atoms with Crippen molar-refractivity contribution in [1.82, 2.24) is 14.8 Å². The number of hydrogen-bond acceptors (Lipinski definition) is 7. The van der Waals surface area contributed by atoms with Crippen LogP contribution in [-0.4, -0.2) is 26.8 Å².